The van der Waals surface area contributed by atoms with Crippen LogP contribution >= 0.6 is 0 Å². The third-order valence-corrected chi connectivity index (χ3v) is 1.59. The third-order valence-electron chi connectivity index (χ3n) is 1.59. The van der Waals surface area contributed by atoms with Gasteiger partial charge in [0.1, 0.15) is 11.8 Å². The van der Waals surface area contributed by atoms with Gasteiger partial charge >= 0.3 is 6.36 Å². The van der Waals surface area contributed by atoms with Crippen molar-refractivity contribution >= 4 is 0 Å². The van der Waals surface area contributed by atoms with E-state index in [1.54, 1.807) is 6.07 Å². The summed E-state index contributed by atoms with van der Waals surface area (Å²) < 4.78 is 39.2. The number of benzene rings is 1. The Morgan fingerprint density at radius 3 is 2.60 bits per heavy atom. The molecule has 80 valence electrons. The van der Waals surface area contributed by atoms with E-state index in [1.165, 1.54) is 12.1 Å². The Balaban J connectivity index is 2.89. The van der Waals surface area contributed by atoms with E-state index >= 15 is 0 Å². The lowest BCUT2D eigenvalue weighted by Crippen LogP contribution is -2.17. The summed E-state index contributed by atoms with van der Waals surface area (Å²) in [4.78, 5) is 0. The molecule has 0 spiro atoms. The molecule has 0 heterocycles. The number of ether oxygens (including phenoxy) is 1. The number of alkyl halides is 3. The second kappa shape index (κ2) is 4.19. The maximum Gasteiger partial charge on any atom is 0.573 e. The molecule has 0 aliphatic heterocycles. The Morgan fingerprint density at radius 2 is 2.07 bits per heavy atom. The van der Waals surface area contributed by atoms with E-state index in [2.05, 4.69) is 4.74 Å². The van der Waals surface area contributed by atoms with E-state index in [-0.39, 0.29) is 11.3 Å². The molecule has 0 saturated carbocycles. The molecule has 15 heavy (non-hydrogen) atoms. The number of rotatable bonds is 2. The van der Waals surface area contributed by atoms with Crippen LogP contribution in [0.5, 0.6) is 5.75 Å². The molecule has 0 fully saturated rings. The Bertz CT molecular complexity index is 384. The van der Waals surface area contributed by atoms with Crippen LogP contribution in [0, 0.1) is 11.3 Å². The highest BCUT2D eigenvalue weighted by Crippen LogP contribution is 2.24. The van der Waals surface area contributed by atoms with Gasteiger partial charge in [-0.05, 0) is 17.7 Å². The predicted molar refractivity (Wildman–Crippen MR) is 45.7 cm³/mol. The minimum Gasteiger partial charge on any atom is -0.406 e. The maximum atomic E-state index is 11.8. The first-order valence-corrected chi connectivity index (χ1v) is 3.93. The largest absolute Gasteiger partial charge is 0.573 e. The summed E-state index contributed by atoms with van der Waals surface area (Å²) in [7, 11) is 0. The molecule has 1 atom stereocenters. The molecule has 0 aromatic heterocycles. The molecular formula is C9H7F3N2O. The Kier molecular flexibility index (Phi) is 3.17. The average Bonchev–Trinajstić information content (AvgIpc) is 2.14. The lowest BCUT2D eigenvalue weighted by Gasteiger charge is -2.10. The first kappa shape index (κ1) is 11.3. The standard InChI is InChI=1S/C9H7F3N2O/c10-9(11,12)15-7-3-1-2-6(4-7)8(14)5-13/h1-4,8H,14H2. The summed E-state index contributed by atoms with van der Waals surface area (Å²) in [6.07, 6.45) is -4.74. The Morgan fingerprint density at radius 1 is 1.40 bits per heavy atom. The molecule has 0 aliphatic carbocycles. The fourth-order valence-corrected chi connectivity index (χ4v) is 0.980. The highest BCUT2D eigenvalue weighted by Gasteiger charge is 2.31. The van der Waals surface area contributed by atoms with Crippen LogP contribution in [0.25, 0.3) is 0 Å². The molecule has 0 saturated heterocycles. The summed E-state index contributed by atoms with van der Waals surface area (Å²) in [6.45, 7) is 0. The summed E-state index contributed by atoms with van der Waals surface area (Å²) >= 11 is 0. The fraction of sp³-hybridized carbons (Fsp3) is 0.222. The number of nitriles is 1. The van der Waals surface area contributed by atoms with Gasteiger partial charge in [0.05, 0.1) is 6.07 Å². The second-order valence-corrected chi connectivity index (χ2v) is 2.73. The van der Waals surface area contributed by atoms with Crippen molar-refractivity contribution in [1.29, 1.82) is 5.26 Å². The van der Waals surface area contributed by atoms with Crippen molar-refractivity contribution in [3.63, 3.8) is 0 Å². The second-order valence-electron chi connectivity index (χ2n) is 2.73. The summed E-state index contributed by atoms with van der Waals surface area (Å²) in [6, 6.07) is 5.78. The van der Waals surface area contributed by atoms with Crippen LogP contribution in [0.15, 0.2) is 24.3 Å². The number of halogens is 3. The van der Waals surface area contributed by atoms with Crippen LogP contribution < -0.4 is 10.5 Å². The Hall–Kier alpha value is -1.74. The van der Waals surface area contributed by atoms with Crippen molar-refractivity contribution in [3.8, 4) is 11.8 Å². The van der Waals surface area contributed by atoms with Crippen LogP contribution in [-0.2, 0) is 0 Å². The van der Waals surface area contributed by atoms with E-state index in [0.717, 1.165) is 12.1 Å². The molecule has 0 amide bonds. The monoisotopic (exact) mass is 216 g/mol. The zero-order valence-electron chi connectivity index (χ0n) is 7.45. The van der Waals surface area contributed by atoms with Crippen molar-refractivity contribution in [1.82, 2.24) is 0 Å². The van der Waals surface area contributed by atoms with Gasteiger partial charge in [0, 0.05) is 0 Å². The lowest BCUT2D eigenvalue weighted by atomic mass is 10.1. The SMILES string of the molecule is N#CC(N)c1cccc(OC(F)(F)F)c1. The van der Waals surface area contributed by atoms with Gasteiger partial charge in [0.15, 0.2) is 0 Å². The van der Waals surface area contributed by atoms with Gasteiger partial charge in [-0.25, -0.2) is 0 Å². The predicted octanol–water partition coefficient (Wildman–Crippen LogP) is 2.11. The van der Waals surface area contributed by atoms with E-state index < -0.39 is 12.4 Å². The third kappa shape index (κ3) is 3.48. The zero-order chi connectivity index (χ0) is 11.5. The van der Waals surface area contributed by atoms with E-state index in [1.807, 2.05) is 0 Å². The van der Waals surface area contributed by atoms with Gasteiger partial charge in [0.2, 0.25) is 0 Å². The van der Waals surface area contributed by atoms with Gasteiger partial charge in [-0.15, -0.1) is 13.2 Å². The van der Waals surface area contributed by atoms with Crippen molar-refractivity contribution in [2.45, 2.75) is 12.4 Å². The van der Waals surface area contributed by atoms with Crippen LogP contribution in [-0.4, -0.2) is 6.36 Å². The highest BCUT2D eigenvalue weighted by molar-refractivity contribution is 5.32. The smallest absolute Gasteiger partial charge is 0.406 e. The molecule has 6 heteroatoms. The normalized spacial score (nSPS) is 13.0. The number of nitrogens with two attached hydrogens (primary N) is 1. The average molecular weight is 216 g/mol. The molecule has 1 aromatic carbocycles. The van der Waals surface area contributed by atoms with Crippen molar-refractivity contribution in [2.75, 3.05) is 0 Å². The highest BCUT2D eigenvalue weighted by atomic mass is 19.4. The molecule has 0 radical (unpaired) electrons. The van der Waals surface area contributed by atoms with Crippen LogP contribution in [0.3, 0.4) is 0 Å². The summed E-state index contributed by atoms with van der Waals surface area (Å²) in [5, 5.41) is 8.47. The van der Waals surface area contributed by atoms with Crippen molar-refractivity contribution in [2.24, 2.45) is 5.73 Å². The number of nitrogens with zero attached hydrogens (tertiary/aromatic N) is 1. The first-order chi connectivity index (χ1) is 6.92. The maximum absolute atomic E-state index is 11.8. The fourth-order valence-electron chi connectivity index (χ4n) is 0.980. The van der Waals surface area contributed by atoms with Crippen molar-refractivity contribution < 1.29 is 17.9 Å². The lowest BCUT2D eigenvalue weighted by molar-refractivity contribution is -0.274. The van der Waals surface area contributed by atoms with Gasteiger partial charge in [-0.2, -0.15) is 5.26 Å². The van der Waals surface area contributed by atoms with Gasteiger partial charge in [0.25, 0.3) is 0 Å². The van der Waals surface area contributed by atoms with Gasteiger partial charge in [-0.1, -0.05) is 12.1 Å². The minimum absolute atomic E-state index is 0.277. The van der Waals surface area contributed by atoms with E-state index in [0.29, 0.717) is 0 Å². The first-order valence-electron chi connectivity index (χ1n) is 3.93. The molecule has 0 bridgehead atoms. The van der Waals surface area contributed by atoms with Gasteiger partial charge in [-0.3, -0.25) is 0 Å². The van der Waals surface area contributed by atoms with Gasteiger partial charge < -0.3 is 10.5 Å². The molecule has 1 rings (SSSR count). The van der Waals surface area contributed by atoms with Crippen LogP contribution in [0.1, 0.15) is 11.6 Å². The minimum atomic E-state index is -4.74. The topological polar surface area (TPSA) is 59.0 Å². The molecule has 3 nitrogen and oxygen atoms in total. The number of hydrogen-bond acceptors (Lipinski definition) is 3. The molecule has 1 unspecified atom stereocenters. The molecule has 2 N–H and O–H groups in total. The number of hydrogen-bond donors (Lipinski definition) is 1. The van der Waals surface area contributed by atoms with E-state index in [9.17, 15) is 13.2 Å². The Labute approximate surface area is 83.9 Å². The van der Waals surface area contributed by atoms with E-state index in [4.69, 9.17) is 11.0 Å². The molecule has 0 aliphatic rings. The summed E-state index contributed by atoms with van der Waals surface area (Å²) in [5.41, 5.74) is 5.61. The van der Waals surface area contributed by atoms with Crippen molar-refractivity contribution in [3.05, 3.63) is 29.8 Å². The molecule has 1 aromatic rings. The zero-order valence-corrected chi connectivity index (χ0v) is 7.45. The van der Waals surface area contributed by atoms with Crippen LogP contribution in [0.4, 0.5) is 13.2 Å². The quantitative estimate of drug-likeness (QED) is 0.823. The molecular weight excluding hydrogens is 209 g/mol. The van der Waals surface area contributed by atoms with Crippen LogP contribution in [0.2, 0.25) is 0 Å². The summed E-state index contributed by atoms with van der Waals surface area (Å²) in [5.74, 6) is -0.384.